The topological polar surface area (TPSA) is 67.8 Å². The van der Waals surface area contributed by atoms with E-state index in [1.165, 1.54) is 0 Å². The number of carbonyl (C=O) groups excluding carboxylic acids is 1. The first-order valence-electron chi connectivity index (χ1n) is 7.14. The van der Waals surface area contributed by atoms with Gasteiger partial charge in [-0.1, -0.05) is 12.1 Å². The van der Waals surface area contributed by atoms with Crippen molar-refractivity contribution in [2.24, 2.45) is 0 Å². The number of benzene rings is 1. The van der Waals surface area contributed by atoms with E-state index in [9.17, 15) is 4.79 Å². The Morgan fingerprint density at radius 2 is 1.86 bits per heavy atom. The van der Waals surface area contributed by atoms with Gasteiger partial charge >= 0.3 is 6.09 Å². The number of rotatable bonds is 8. The summed E-state index contributed by atoms with van der Waals surface area (Å²) in [5.74, 6) is 0.709. The van der Waals surface area contributed by atoms with Gasteiger partial charge in [0.1, 0.15) is 12.4 Å². The predicted molar refractivity (Wildman–Crippen MR) is 85.4 cm³/mol. The van der Waals surface area contributed by atoms with Gasteiger partial charge in [0.25, 0.3) is 0 Å². The number of aliphatic hydroxyl groups excluding tert-OH is 1. The van der Waals surface area contributed by atoms with Gasteiger partial charge in [0.05, 0.1) is 19.8 Å². The van der Waals surface area contributed by atoms with E-state index >= 15 is 0 Å². The molecule has 0 aliphatic rings. The Kier molecular flexibility index (Phi) is 7.25. The van der Waals surface area contributed by atoms with E-state index in [0.29, 0.717) is 25.5 Å². The molecule has 119 valence electrons. The molecule has 1 amide bonds. The molecule has 0 aromatic heterocycles. The van der Waals surface area contributed by atoms with Crippen LogP contribution in [0.5, 0.6) is 5.75 Å². The van der Waals surface area contributed by atoms with Crippen LogP contribution in [0.25, 0.3) is 0 Å². The zero-order valence-electron chi connectivity index (χ0n) is 13.0. The summed E-state index contributed by atoms with van der Waals surface area (Å²) in [5, 5.41) is 11.6. The third-order valence-electron chi connectivity index (χ3n) is 2.83. The fourth-order valence-electron chi connectivity index (χ4n) is 1.51. The third kappa shape index (κ3) is 8.36. The van der Waals surface area contributed by atoms with Crippen molar-refractivity contribution in [3.8, 4) is 5.75 Å². The van der Waals surface area contributed by atoms with Gasteiger partial charge in [0.2, 0.25) is 0 Å². The van der Waals surface area contributed by atoms with E-state index in [-0.39, 0.29) is 6.61 Å². The average molecular weight is 311 g/mol. The lowest BCUT2D eigenvalue weighted by atomic mass is 10.2. The molecule has 0 fully saturated rings. The van der Waals surface area contributed by atoms with Crippen LogP contribution in [0.4, 0.5) is 4.79 Å². The molecule has 2 N–H and O–H groups in total. The second kappa shape index (κ2) is 8.69. The maximum Gasteiger partial charge on any atom is 0.407 e. The first-order chi connectivity index (χ1) is 9.90. The van der Waals surface area contributed by atoms with Crippen molar-refractivity contribution in [2.45, 2.75) is 32.3 Å². The van der Waals surface area contributed by atoms with Crippen LogP contribution in [0.15, 0.2) is 24.3 Å². The number of hydrogen-bond donors (Lipinski definition) is 2. The molecular weight excluding hydrogens is 286 g/mol. The highest BCUT2D eigenvalue weighted by Gasteiger charge is 2.04. The van der Waals surface area contributed by atoms with E-state index in [0.717, 1.165) is 11.6 Å². The molecule has 1 aromatic carbocycles. The summed E-state index contributed by atoms with van der Waals surface area (Å²) in [6, 6.07) is 8.14. The Bertz CT molecular complexity index is 428. The normalized spacial score (nSPS) is 11.0. The molecule has 0 saturated carbocycles. The first kappa shape index (κ1) is 17.5. The van der Waals surface area contributed by atoms with E-state index in [4.69, 9.17) is 14.6 Å². The summed E-state index contributed by atoms with van der Waals surface area (Å²) in [7, 11) is -1.16. The van der Waals surface area contributed by atoms with Gasteiger partial charge in [-0.25, -0.2) is 4.79 Å². The molecule has 0 radical (unpaired) electrons. The van der Waals surface area contributed by atoms with Gasteiger partial charge < -0.3 is 19.9 Å². The Hall–Kier alpha value is -1.53. The Morgan fingerprint density at radius 1 is 1.19 bits per heavy atom. The molecule has 6 heteroatoms. The molecule has 0 saturated heterocycles. The minimum Gasteiger partial charge on any atom is -0.492 e. The van der Waals surface area contributed by atoms with Crippen molar-refractivity contribution >= 4 is 14.2 Å². The monoisotopic (exact) mass is 311 g/mol. The van der Waals surface area contributed by atoms with E-state index in [1.54, 1.807) is 24.3 Å². The summed E-state index contributed by atoms with van der Waals surface area (Å²) in [4.78, 5) is 11.4. The number of alkyl carbamates (subject to hydrolysis) is 1. The maximum atomic E-state index is 11.4. The lowest BCUT2D eigenvalue weighted by Crippen LogP contribution is -2.30. The molecular formula is C15H25NO4Si-. The number of nitrogens with one attached hydrogen (secondary N) is 1. The van der Waals surface area contributed by atoms with E-state index in [1.807, 2.05) is 0 Å². The highest BCUT2D eigenvalue weighted by Crippen LogP contribution is 2.11. The van der Waals surface area contributed by atoms with Crippen molar-refractivity contribution in [1.29, 1.82) is 0 Å². The molecule has 0 aliphatic carbocycles. The summed E-state index contributed by atoms with van der Waals surface area (Å²) in [6.45, 7) is 7.99. The maximum absolute atomic E-state index is 11.4. The number of hydrogen-bond acceptors (Lipinski definition) is 4. The molecule has 1 rings (SSSR count). The zero-order valence-corrected chi connectivity index (χ0v) is 14.0. The van der Waals surface area contributed by atoms with Crippen LogP contribution in [-0.4, -0.2) is 39.0 Å². The minimum absolute atomic E-state index is 0.0189. The van der Waals surface area contributed by atoms with Crippen LogP contribution >= 0.6 is 0 Å². The fourth-order valence-corrected chi connectivity index (χ4v) is 2.23. The third-order valence-corrected chi connectivity index (χ3v) is 4.54. The van der Waals surface area contributed by atoms with Gasteiger partial charge in [0, 0.05) is 0 Å². The van der Waals surface area contributed by atoms with Crippen molar-refractivity contribution in [2.75, 3.05) is 19.8 Å². The lowest BCUT2D eigenvalue weighted by molar-refractivity contribution is 0.149. The van der Waals surface area contributed by atoms with Crippen molar-refractivity contribution in [3.05, 3.63) is 29.8 Å². The first-order valence-corrected chi connectivity index (χ1v) is 10.8. The number of carbonyl (C=O) groups is 1. The van der Waals surface area contributed by atoms with Crippen molar-refractivity contribution < 1.29 is 19.4 Å². The van der Waals surface area contributed by atoms with Gasteiger partial charge in [0.15, 0.2) is 0 Å². The largest absolute Gasteiger partial charge is 0.492 e. The highest BCUT2D eigenvalue weighted by molar-refractivity contribution is 6.76. The van der Waals surface area contributed by atoms with Crippen LogP contribution in [0.1, 0.15) is 5.56 Å². The minimum atomic E-state index is -1.16. The molecule has 5 nitrogen and oxygen atoms in total. The zero-order chi connectivity index (χ0) is 15.7. The molecule has 0 aliphatic heterocycles. The van der Waals surface area contributed by atoms with Crippen LogP contribution in [0.3, 0.4) is 0 Å². The SMILES string of the molecule is C[Si-](C)(C)CCOC(=O)NCCOc1ccc(CO)cc1. The van der Waals surface area contributed by atoms with Gasteiger partial charge in [-0.3, -0.25) is 0 Å². The Labute approximate surface area is 127 Å². The standard InChI is InChI=1S/C15H25NO4Si/c1-21(2,3)11-10-20-15(18)16-8-9-19-14-6-4-13(12-17)5-7-14/h4-7,17H,8-12H2,1-3H3,(H,16,18)/q-1. The number of amides is 1. The molecule has 0 bridgehead atoms. The van der Waals surface area contributed by atoms with E-state index < -0.39 is 14.2 Å². The molecule has 0 heterocycles. The quantitative estimate of drug-likeness (QED) is 0.572. The van der Waals surface area contributed by atoms with Crippen molar-refractivity contribution in [3.63, 3.8) is 0 Å². The second-order valence-corrected chi connectivity index (χ2v) is 11.6. The van der Waals surface area contributed by atoms with Gasteiger partial charge in [-0.2, -0.15) is 19.6 Å². The summed E-state index contributed by atoms with van der Waals surface area (Å²) < 4.78 is 10.6. The number of ether oxygens (including phenoxy) is 2. The van der Waals surface area contributed by atoms with E-state index in [2.05, 4.69) is 25.0 Å². The van der Waals surface area contributed by atoms with Crippen LogP contribution in [-0.2, 0) is 11.3 Å². The molecule has 21 heavy (non-hydrogen) atoms. The van der Waals surface area contributed by atoms with Crippen LogP contribution < -0.4 is 10.1 Å². The fraction of sp³-hybridized carbons (Fsp3) is 0.533. The summed E-state index contributed by atoms with van der Waals surface area (Å²) in [6.07, 6.45) is -0.396. The molecule has 0 unspecified atom stereocenters. The predicted octanol–water partition coefficient (Wildman–Crippen LogP) is 2.62. The highest BCUT2D eigenvalue weighted by atomic mass is 28.3. The van der Waals surface area contributed by atoms with Gasteiger partial charge in [-0.15, -0.1) is 14.1 Å². The smallest absolute Gasteiger partial charge is 0.407 e. The summed E-state index contributed by atoms with van der Waals surface area (Å²) in [5.41, 5.74) is 0.839. The van der Waals surface area contributed by atoms with Crippen molar-refractivity contribution in [1.82, 2.24) is 5.32 Å². The van der Waals surface area contributed by atoms with Gasteiger partial charge in [-0.05, 0) is 17.7 Å². The second-order valence-electron chi connectivity index (χ2n) is 6.02. The lowest BCUT2D eigenvalue weighted by Gasteiger charge is -2.26. The molecule has 1 aromatic rings. The average Bonchev–Trinajstić information content (AvgIpc) is 2.43. The van der Waals surface area contributed by atoms with Crippen LogP contribution in [0, 0.1) is 0 Å². The number of aliphatic hydroxyl groups is 1. The Morgan fingerprint density at radius 3 is 2.43 bits per heavy atom. The molecule has 0 atom stereocenters. The van der Waals surface area contributed by atoms with Crippen LogP contribution in [0.2, 0.25) is 25.7 Å². The summed E-state index contributed by atoms with van der Waals surface area (Å²) >= 11 is 0. The molecule has 0 spiro atoms. The Balaban J connectivity index is 2.11.